The number of fused-ring (bicyclic) bond motifs is 1. The summed E-state index contributed by atoms with van der Waals surface area (Å²) >= 11 is 1.27. The Morgan fingerprint density at radius 3 is 2.70 bits per heavy atom. The summed E-state index contributed by atoms with van der Waals surface area (Å²) in [6.45, 7) is 1.36. The van der Waals surface area contributed by atoms with Crippen LogP contribution < -0.4 is 16.4 Å². The number of amides is 2. The van der Waals surface area contributed by atoms with Crippen LogP contribution >= 0.6 is 11.3 Å². The van der Waals surface area contributed by atoms with E-state index in [4.69, 9.17) is 5.73 Å². The molecule has 106 valence electrons. The van der Waals surface area contributed by atoms with Crippen molar-refractivity contribution in [3.8, 4) is 0 Å². The summed E-state index contributed by atoms with van der Waals surface area (Å²) in [6, 6.07) is 7.03. The van der Waals surface area contributed by atoms with Crippen molar-refractivity contribution >= 4 is 33.4 Å². The lowest BCUT2D eigenvalue weighted by Crippen LogP contribution is -2.35. The highest BCUT2D eigenvalue weighted by Crippen LogP contribution is 2.31. The first-order chi connectivity index (χ1) is 9.59. The van der Waals surface area contributed by atoms with Crippen LogP contribution in [-0.2, 0) is 6.54 Å². The van der Waals surface area contributed by atoms with Crippen molar-refractivity contribution in [2.24, 2.45) is 5.73 Å². The minimum Gasteiger partial charge on any atom is -0.477 e. The number of carbonyl (C=O) groups excluding carboxylic acids is 1. The third-order valence-electron chi connectivity index (χ3n) is 2.80. The molecule has 5 N–H and O–H groups in total. The number of hydrogen-bond donors (Lipinski definition) is 4. The predicted molar refractivity (Wildman–Crippen MR) is 78.1 cm³/mol. The maximum Gasteiger partial charge on any atom is 0.346 e. The van der Waals surface area contributed by atoms with Gasteiger partial charge in [0.2, 0.25) is 0 Å². The SMILES string of the molecule is NC(=O)NCCNCc1c(C(=O)O)sc2ccccc12. The number of nitrogens with one attached hydrogen (secondary N) is 2. The van der Waals surface area contributed by atoms with E-state index < -0.39 is 12.0 Å². The lowest BCUT2D eigenvalue weighted by molar-refractivity contribution is 0.0701. The molecule has 0 bridgehead atoms. The number of carboxylic acids is 1. The normalized spacial score (nSPS) is 10.6. The second kappa shape index (κ2) is 6.36. The minimum absolute atomic E-state index is 0.349. The molecule has 2 rings (SSSR count). The van der Waals surface area contributed by atoms with Crippen LogP contribution in [0.1, 0.15) is 15.2 Å². The van der Waals surface area contributed by atoms with Crippen LogP contribution in [-0.4, -0.2) is 30.2 Å². The van der Waals surface area contributed by atoms with Crippen LogP contribution in [0.25, 0.3) is 10.1 Å². The number of primary amides is 1. The van der Waals surface area contributed by atoms with Crippen molar-refractivity contribution in [1.82, 2.24) is 10.6 Å². The van der Waals surface area contributed by atoms with Crippen molar-refractivity contribution in [1.29, 1.82) is 0 Å². The summed E-state index contributed by atoms with van der Waals surface area (Å²) in [5.41, 5.74) is 5.73. The highest BCUT2D eigenvalue weighted by molar-refractivity contribution is 7.21. The smallest absolute Gasteiger partial charge is 0.346 e. The molecule has 0 radical (unpaired) electrons. The van der Waals surface area contributed by atoms with Gasteiger partial charge in [0.05, 0.1) is 0 Å². The Labute approximate surface area is 119 Å². The van der Waals surface area contributed by atoms with Crippen molar-refractivity contribution in [3.63, 3.8) is 0 Å². The molecule has 0 saturated carbocycles. The van der Waals surface area contributed by atoms with Crippen LogP contribution in [0.2, 0.25) is 0 Å². The third kappa shape index (κ3) is 3.25. The van der Waals surface area contributed by atoms with Crippen LogP contribution in [0.3, 0.4) is 0 Å². The van der Waals surface area contributed by atoms with Gasteiger partial charge in [0.25, 0.3) is 0 Å². The molecule has 20 heavy (non-hydrogen) atoms. The Balaban J connectivity index is 2.09. The fourth-order valence-corrected chi connectivity index (χ4v) is 2.99. The molecule has 0 unspecified atom stereocenters. The number of carbonyl (C=O) groups is 2. The van der Waals surface area contributed by atoms with Crippen LogP contribution in [0, 0.1) is 0 Å². The number of aromatic carboxylic acids is 1. The largest absolute Gasteiger partial charge is 0.477 e. The average molecular weight is 293 g/mol. The van der Waals surface area contributed by atoms with E-state index >= 15 is 0 Å². The second-order valence-corrected chi connectivity index (χ2v) is 5.23. The standard InChI is InChI=1S/C13H15N3O3S/c14-13(19)16-6-5-15-7-9-8-3-1-2-4-10(8)20-11(9)12(17)18/h1-4,15H,5-7H2,(H,17,18)(H3,14,16,19). The summed E-state index contributed by atoms with van der Waals surface area (Å²) in [6.07, 6.45) is 0. The Hall–Kier alpha value is -2.12. The first-order valence-corrected chi connectivity index (χ1v) is 6.89. The van der Waals surface area contributed by atoms with E-state index in [2.05, 4.69) is 10.6 Å². The lowest BCUT2D eigenvalue weighted by atomic mass is 10.1. The Morgan fingerprint density at radius 1 is 1.25 bits per heavy atom. The second-order valence-electron chi connectivity index (χ2n) is 4.18. The topological polar surface area (TPSA) is 104 Å². The van der Waals surface area contributed by atoms with Crippen LogP contribution in [0.5, 0.6) is 0 Å². The number of rotatable bonds is 6. The van der Waals surface area contributed by atoms with E-state index in [-0.39, 0.29) is 0 Å². The third-order valence-corrected chi connectivity index (χ3v) is 4.00. The maximum atomic E-state index is 11.3. The molecule has 0 aliphatic carbocycles. The zero-order chi connectivity index (χ0) is 14.5. The van der Waals surface area contributed by atoms with Crippen LogP contribution in [0.15, 0.2) is 24.3 Å². The first-order valence-electron chi connectivity index (χ1n) is 6.07. The molecule has 1 heterocycles. The molecular formula is C13H15N3O3S. The number of benzene rings is 1. The molecule has 0 aliphatic rings. The van der Waals surface area contributed by atoms with Gasteiger partial charge in [0, 0.05) is 24.3 Å². The maximum absolute atomic E-state index is 11.3. The average Bonchev–Trinajstić information content (AvgIpc) is 2.77. The van der Waals surface area contributed by atoms with E-state index in [1.54, 1.807) is 0 Å². The van der Waals surface area contributed by atoms with Crippen molar-refractivity contribution in [2.75, 3.05) is 13.1 Å². The van der Waals surface area contributed by atoms with Gasteiger partial charge in [-0.1, -0.05) is 18.2 Å². The van der Waals surface area contributed by atoms with E-state index in [9.17, 15) is 14.7 Å². The Kier molecular flexibility index (Phi) is 4.54. The number of nitrogens with two attached hydrogens (primary N) is 1. The molecule has 2 amide bonds. The Bertz CT molecular complexity index is 639. The zero-order valence-corrected chi connectivity index (χ0v) is 11.5. The van der Waals surface area contributed by atoms with Crippen molar-refractivity contribution in [3.05, 3.63) is 34.7 Å². The fourth-order valence-electron chi connectivity index (χ4n) is 1.93. The van der Waals surface area contributed by atoms with Gasteiger partial charge in [-0.25, -0.2) is 9.59 Å². The molecule has 0 aliphatic heterocycles. The summed E-state index contributed by atoms with van der Waals surface area (Å²) in [4.78, 5) is 22.1. The number of urea groups is 1. The number of carboxylic acid groups (broad SMARTS) is 1. The van der Waals surface area contributed by atoms with Gasteiger partial charge >= 0.3 is 12.0 Å². The van der Waals surface area contributed by atoms with Gasteiger partial charge in [0.15, 0.2) is 0 Å². The van der Waals surface area contributed by atoms with Gasteiger partial charge < -0.3 is 21.5 Å². The summed E-state index contributed by atoms with van der Waals surface area (Å²) < 4.78 is 0.956. The highest BCUT2D eigenvalue weighted by Gasteiger charge is 2.16. The van der Waals surface area contributed by atoms with Crippen molar-refractivity contribution < 1.29 is 14.7 Å². The van der Waals surface area contributed by atoms with E-state index in [1.165, 1.54) is 11.3 Å². The predicted octanol–water partition coefficient (Wildman–Crippen LogP) is 1.36. The van der Waals surface area contributed by atoms with Gasteiger partial charge in [-0.2, -0.15) is 0 Å². The summed E-state index contributed by atoms with van der Waals surface area (Å²) in [7, 11) is 0. The first kappa shape index (κ1) is 14.3. The van der Waals surface area contributed by atoms with Crippen molar-refractivity contribution in [2.45, 2.75) is 6.54 Å². The highest BCUT2D eigenvalue weighted by atomic mass is 32.1. The Morgan fingerprint density at radius 2 is 2.00 bits per heavy atom. The van der Waals surface area contributed by atoms with Crippen LogP contribution in [0.4, 0.5) is 4.79 Å². The molecular weight excluding hydrogens is 278 g/mol. The number of hydrogen-bond acceptors (Lipinski definition) is 4. The molecule has 1 aromatic carbocycles. The van der Waals surface area contributed by atoms with E-state index in [0.717, 1.165) is 15.6 Å². The van der Waals surface area contributed by atoms with E-state index in [1.807, 2.05) is 24.3 Å². The van der Waals surface area contributed by atoms with Gasteiger partial charge in [-0.05, 0) is 17.0 Å². The molecule has 2 aromatic rings. The summed E-state index contributed by atoms with van der Waals surface area (Å²) in [5.74, 6) is -0.918. The lowest BCUT2D eigenvalue weighted by Gasteiger charge is -2.05. The monoisotopic (exact) mass is 293 g/mol. The molecule has 1 aromatic heterocycles. The molecule has 0 fully saturated rings. The molecule has 6 nitrogen and oxygen atoms in total. The molecule has 0 spiro atoms. The fraction of sp³-hybridized carbons (Fsp3) is 0.231. The summed E-state index contributed by atoms with van der Waals surface area (Å²) in [5, 5.41) is 15.8. The van der Waals surface area contributed by atoms with E-state index in [0.29, 0.717) is 24.5 Å². The van der Waals surface area contributed by atoms with Gasteiger partial charge in [-0.3, -0.25) is 0 Å². The van der Waals surface area contributed by atoms with Gasteiger partial charge in [0.1, 0.15) is 4.88 Å². The number of thiophene rings is 1. The molecule has 0 atom stereocenters. The zero-order valence-electron chi connectivity index (χ0n) is 10.7. The quantitative estimate of drug-likeness (QED) is 0.603. The minimum atomic E-state index is -0.918. The van der Waals surface area contributed by atoms with Gasteiger partial charge in [-0.15, -0.1) is 11.3 Å². The molecule has 0 saturated heterocycles. The molecule has 7 heteroatoms.